The Kier molecular flexibility index (Phi) is 6.56. The van der Waals surface area contributed by atoms with Gasteiger partial charge in [-0.05, 0) is 30.7 Å². The molecule has 0 atom stereocenters. The summed E-state index contributed by atoms with van der Waals surface area (Å²) in [5.74, 6) is 0.107. The summed E-state index contributed by atoms with van der Waals surface area (Å²) in [6.07, 6.45) is 2.72. The van der Waals surface area contributed by atoms with Crippen molar-refractivity contribution in [3.05, 3.63) is 35.4 Å². The Balaban J connectivity index is 2.37. The molecule has 0 heterocycles. The van der Waals surface area contributed by atoms with Crippen molar-refractivity contribution in [1.82, 2.24) is 5.32 Å². The topological polar surface area (TPSA) is 29.1 Å². The van der Waals surface area contributed by atoms with Crippen LogP contribution in [0.3, 0.4) is 0 Å². The fraction of sp³-hybridized carbons (Fsp3) is 0.562. The van der Waals surface area contributed by atoms with E-state index in [1.807, 2.05) is 24.3 Å². The van der Waals surface area contributed by atoms with Gasteiger partial charge in [0, 0.05) is 11.9 Å². The summed E-state index contributed by atoms with van der Waals surface area (Å²) in [5, 5.41) is 4.06. The second kappa shape index (κ2) is 7.68. The average Bonchev–Trinajstić information content (AvgIpc) is 2.37. The van der Waals surface area contributed by atoms with E-state index in [4.69, 9.17) is 0 Å². The van der Waals surface area contributed by atoms with Crippen molar-refractivity contribution in [3.8, 4) is 0 Å². The van der Waals surface area contributed by atoms with E-state index in [1.165, 1.54) is 5.56 Å². The molecular weight excluding hydrogens is 302 g/mol. The van der Waals surface area contributed by atoms with Gasteiger partial charge in [0.15, 0.2) is 0 Å². The first-order valence-electron chi connectivity index (χ1n) is 6.81. The van der Waals surface area contributed by atoms with Crippen LogP contribution in [0.4, 0.5) is 0 Å². The minimum absolute atomic E-state index is 0.107. The lowest BCUT2D eigenvalue weighted by Gasteiger charge is -2.24. The summed E-state index contributed by atoms with van der Waals surface area (Å²) in [4.78, 5) is 11.9. The van der Waals surface area contributed by atoms with E-state index in [1.54, 1.807) is 0 Å². The summed E-state index contributed by atoms with van der Waals surface area (Å²) in [7, 11) is 0. The number of alkyl halides is 1. The highest BCUT2D eigenvalue weighted by atomic mass is 79.9. The molecule has 0 aliphatic carbocycles. The molecule has 0 saturated heterocycles. The number of halogens is 1. The smallest absolute Gasteiger partial charge is 0.224 e. The second-order valence-corrected chi connectivity index (χ2v) is 6.69. The molecule has 19 heavy (non-hydrogen) atoms. The third-order valence-corrected chi connectivity index (χ3v) is 3.80. The minimum atomic E-state index is 0.107. The third kappa shape index (κ3) is 6.76. The number of carbonyl (C=O) groups excluding carboxylic acids is 1. The molecule has 0 saturated carbocycles. The molecule has 3 heteroatoms. The van der Waals surface area contributed by atoms with Gasteiger partial charge in [0.1, 0.15) is 0 Å². The predicted octanol–water partition coefficient (Wildman–Crippen LogP) is 3.86. The van der Waals surface area contributed by atoms with E-state index in [2.05, 4.69) is 42.0 Å². The molecule has 0 fully saturated rings. The van der Waals surface area contributed by atoms with Gasteiger partial charge in [0.2, 0.25) is 5.91 Å². The Morgan fingerprint density at radius 1 is 1.26 bits per heavy atom. The molecule has 0 spiro atoms. The molecule has 0 unspecified atom stereocenters. The van der Waals surface area contributed by atoms with Crippen molar-refractivity contribution >= 4 is 21.8 Å². The molecule has 1 aromatic carbocycles. The Morgan fingerprint density at radius 2 is 1.89 bits per heavy atom. The van der Waals surface area contributed by atoms with E-state index in [9.17, 15) is 4.79 Å². The van der Waals surface area contributed by atoms with Crippen LogP contribution < -0.4 is 5.32 Å². The van der Waals surface area contributed by atoms with Gasteiger partial charge in [-0.2, -0.15) is 0 Å². The van der Waals surface area contributed by atoms with Crippen molar-refractivity contribution in [2.24, 2.45) is 5.41 Å². The maximum Gasteiger partial charge on any atom is 0.224 e. The van der Waals surface area contributed by atoms with E-state index >= 15 is 0 Å². The maximum atomic E-state index is 11.9. The number of rotatable bonds is 7. The first kappa shape index (κ1) is 16.2. The number of carbonyl (C=O) groups is 1. The lowest BCUT2D eigenvalue weighted by molar-refractivity contribution is -0.120. The third-order valence-electron chi connectivity index (χ3n) is 3.24. The monoisotopic (exact) mass is 325 g/mol. The summed E-state index contributed by atoms with van der Waals surface area (Å²) in [5.41, 5.74) is 2.46. The van der Waals surface area contributed by atoms with Crippen molar-refractivity contribution in [2.45, 2.75) is 40.0 Å². The van der Waals surface area contributed by atoms with Crippen LogP contribution in [0.2, 0.25) is 0 Å². The minimum Gasteiger partial charge on any atom is -0.355 e. The number of benzene rings is 1. The Hall–Kier alpha value is -0.830. The average molecular weight is 326 g/mol. The van der Waals surface area contributed by atoms with Crippen LogP contribution in [0.1, 0.15) is 37.8 Å². The quantitative estimate of drug-likeness (QED) is 0.758. The summed E-state index contributed by atoms with van der Waals surface area (Å²) >= 11 is 3.44. The van der Waals surface area contributed by atoms with Crippen LogP contribution in [0.25, 0.3) is 0 Å². The van der Waals surface area contributed by atoms with Crippen molar-refractivity contribution in [3.63, 3.8) is 0 Å². The fourth-order valence-electron chi connectivity index (χ4n) is 1.93. The van der Waals surface area contributed by atoms with Gasteiger partial charge in [-0.25, -0.2) is 0 Å². The molecule has 1 amide bonds. The Morgan fingerprint density at radius 3 is 2.47 bits per heavy atom. The molecular formula is C16H24BrNO. The van der Waals surface area contributed by atoms with E-state index in [0.717, 1.165) is 30.3 Å². The molecule has 1 aromatic rings. The van der Waals surface area contributed by atoms with E-state index < -0.39 is 0 Å². The summed E-state index contributed by atoms with van der Waals surface area (Å²) in [6, 6.07) is 8.13. The zero-order chi connectivity index (χ0) is 14.3. The normalized spacial score (nSPS) is 11.4. The Labute approximate surface area is 125 Å². The maximum absolute atomic E-state index is 11.9. The first-order chi connectivity index (χ1) is 8.93. The SMILES string of the molecule is Cc1ccc(CC(=O)NCC(C)(C)CCCBr)cc1. The molecule has 0 radical (unpaired) electrons. The molecule has 0 bridgehead atoms. The highest BCUT2D eigenvalue weighted by molar-refractivity contribution is 9.09. The van der Waals surface area contributed by atoms with Gasteiger partial charge in [0.25, 0.3) is 0 Å². The highest BCUT2D eigenvalue weighted by Gasteiger charge is 2.18. The van der Waals surface area contributed by atoms with Crippen molar-refractivity contribution in [2.75, 3.05) is 11.9 Å². The van der Waals surface area contributed by atoms with Gasteiger partial charge in [0.05, 0.1) is 6.42 Å². The molecule has 1 N–H and O–H groups in total. The van der Waals surface area contributed by atoms with Crippen LogP contribution in [0.15, 0.2) is 24.3 Å². The predicted molar refractivity (Wildman–Crippen MR) is 84.7 cm³/mol. The lowest BCUT2D eigenvalue weighted by Crippen LogP contribution is -2.34. The first-order valence-corrected chi connectivity index (χ1v) is 7.93. The summed E-state index contributed by atoms with van der Waals surface area (Å²) < 4.78 is 0. The van der Waals surface area contributed by atoms with Crippen LogP contribution in [0, 0.1) is 12.3 Å². The van der Waals surface area contributed by atoms with Gasteiger partial charge in [-0.15, -0.1) is 0 Å². The number of hydrogen-bond donors (Lipinski definition) is 1. The number of hydrogen-bond acceptors (Lipinski definition) is 1. The zero-order valence-corrected chi connectivity index (χ0v) is 13.7. The molecule has 0 aromatic heterocycles. The number of amides is 1. The largest absolute Gasteiger partial charge is 0.355 e. The van der Waals surface area contributed by atoms with Crippen LogP contribution in [-0.4, -0.2) is 17.8 Å². The molecule has 1 rings (SSSR count). The van der Waals surface area contributed by atoms with E-state index in [-0.39, 0.29) is 11.3 Å². The molecule has 2 nitrogen and oxygen atoms in total. The molecule has 0 aliphatic rings. The molecule has 0 aliphatic heterocycles. The molecule has 106 valence electrons. The van der Waals surface area contributed by atoms with E-state index in [0.29, 0.717) is 6.42 Å². The Bertz CT molecular complexity index is 398. The number of nitrogens with one attached hydrogen (secondary N) is 1. The van der Waals surface area contributed by atoms with Gasteiger partial charge in [-0.3, -0.25) is 4.79 Å². The number of aryl methyl sites for hydroxylation is 1. The van der Waals surface area contributed by atoms with Crippen LogP contribution in [0.5, 0.6) is 0 Å². The van der Waals surface area contributed by atoms with Crippen LogP contribution >= 0.6 is 15.9 Å². The zero-order valence-electron chi connectivity index (χ0n) is 12.1. The van der Waals surface area contributed by atoms with Gasteiger partial charge < -0.3 is 5.32 Å². The standard InChI is InChI=1S/C16H24BrNO/c1-13-5-7-14(8-6-13)11-15(19)18-12-16(2,3)9-4-10-17/h5-8H,4,9-12H2,1-3H3,(H,18,19). The van der Waals surface area contributed by atoms with Crippen molar-refractivity contribution in [1.29, 1.82) is 0 Å². The fourth-order valence-corrected chi connectivity index (χ4v) is 2.21. The van der Waals surface area contributed by atoms with Crippen LogP contribution in [-0.2, 0) is 11.2 Å². The second-order valence-electron chi connectivity index (χ2n) is 5.90. The van der Waals surface area contributed by atoms with Gasteiger partial charge >= 0.3 is 0 Å². The van der Waals surface area contributed by atoms with Gasteiger partial charge in [-0.1, -0.05) is 59.6 Å². The lowest BCUT2D eigenvalue weighted by atomic mass is 9.88. The highest BCUT2D eigenvalue weighted by Crippen LogP contribution is 2.21. The van der Waals surface area contributed by atoms with Crippen molar-refractivity contribution < 1.29 is 4.79 Å². The summed E-state index contributed by atoms with van der Waals surface area (Å²) in [6.45, 7) is 7.19.